The molecule has 3 atom stereocenters. The van der Waals surface area contributed by atoms with Crippen LogP contribution in [0, 0.1) is 5.41 Å². The van der Waals surface area contributed by atoms with Gasteiger partial charge >= 0.3 is 6.03 Å². The van der Waals surface area contributed by atoms with Crippen LogP contribution in [0.5, 0.6) is 5.88 Å². The molecule has 3 aliphatic rings. The van der Waals surface area contributed by atoms with Gasteiger partial charge in [0.05, 0.1) is 25.4 Å². The summed E-state index contributed by atoms with van der Waals surface area (Å²) >= 11 is 0. The molecule has 2 N–H and O–H groups in total. The second kappa shape index (κ2) is 7.30. The van der Waals surface area contributed by atoms with Crippen LogP contribution in [0.25, 0.3) is 11.1 Å². The first kappa shape index (κ1) is 20.4. The lowest BCUT2D eigenvalue weighted by atomic mass is 9.66. The summed E-state index contributed by atoms with van der Waals surface area (Å²) in [5.74, 6) is -0.660. The Morgan fingerprint density at radius 3 is 2.47 bits per heavy atom. The van der Waals surface area contributed by atoms with Crippen LogP contribution in [0.4, 0.5) is 10.5 Å². The summed E-state index contributed by atoms with van der Waals surface area (Å²) in [6, 6.07) is 8.37. The zero-order valence-electron chi connectivity index (χ0n) is 18.0. The van der Waals surface area contributed by atoms with Crippen LogP contribution in [0.3, 0.4) is 0 Å². The molecule has 1 spiro atoms. The van der Waals surface area contributed by atoms with Crippen molar-refractivity contribution in [3.05, 3.63) is 42.1 Å². The number of imide groups is 2. The molecular weight excluding hydrogens is 412 g/mol. The Kier molecular flexibility index (Phi) is 4.67. The molecule has 1 aromatic heterocycles. The monoisotopic (exact) mass is 436 g/mol. The summed E-state index contributed by atoms with van der Waals surface area (Å²) < 4.78 is 11.2. The number of carbonyl (C=O) groups excluding carboxylic acids is 3. The Morgan fingerprint density at radius 2 is 1.81 bits per heavy atom. The SMILES string of the molecule is COc1ccc(-c2ccc3c(c2)CC2(C(=O)NC(=O)NC2=O)[C@H]2[C@H](C)O[C@H](C)CN32)cn1. The lowest BCUT2D eigenvalue weighted by Crippen LogP contribution is -2.75. The maximum absolute atomic E-state index is 13.2. The number of benzene rings is 1. The van der Waals surface area contributed by atoms with E-state index < -0.39 is 29.3 Å². The molecule has 0 unspecified atom stereocenters. The average molecular weight is 436 g/mol. The summed E-state index contributed by atoms with van der Waals surface area (Å²) in [5.41, 5.74) is 2.15. The number of barbiturate groups is 1. The van der Waals surface area contributed by atoms with Gasteiger partial charge in [0.25, 0.3) is 0 Å². The number of morpholine rings is 1. The molecule has 32 heavy (non-hydrogen) atoms. The number of ether oxygens (including phenoxy) is 2. The van der Waals surface area contributed by atoms with E-state index in [2.05, 4.69) is 20.5 Å². The Bertz CT molecular complexity index is 1100. The first-order valence-electron chi connectivity index (χ1n) is 10.6. The van der Waals surface area contributed by atoms with Gasteiger partial charge in [0.2, 0.25) is 17.7 Å². The van der Waals surface area contributed by atoms with Gasteiger partial charge in [0.1, 0.15) is 0 Å². The number of amides is 4. The Balaban J connectivity index is 1.64. The highest BCUT2D eigenvalue weighted by molar-refractivity contribution is 6.20. The molecule has 3 aliphatic heterocycles. The number of pyridine rings is 1. The maximum atomic E-state index is 13.2. The van der Waals surface area contributed by atoms with Crippen molar-refractivity contribution in [3.63, 3.8) is 0 Å². The quantitative estimate of drug-likeness (QED) is 0.689. The molecule has 4 amide bonds. The van der Waals surface area contributed by atoms with Crippen molar-refractivity contribution in [2.24, 2.45) is 5.41 Å². The van der Waals surface area contributed by atoms with E-state index in [1.807, 2.05) is 38.1 Å². The molecule has 166 valence electrons. The molecule has 9 heteroatoms. The van der Waals surface area contributed by atoms with Gasteiger partial charge in [-0.25, -0.2) is 9.78 Å². The van der Waals surface area contributed by atoms with Gasteiger partial charge in [-0.15, -0.1) is 0 Å². The molecule has 0 bridgehead atoms. The van der Waals surface area contributed by atoms with Gasteiger partial charge in [-0.1, -0.05) is 6.07 Å². The van der Waals surface area contributed by atoms with E-state index in [1.165, 1.54) is 0 Å². The number of urea groups is 1. The fourth-order valence-corrected chi connectivity index (χ4v) is 5.30. The van der Waals surface area contributed by atoms with E-state index in [-0.39, 0.29) is 18.6 Å². The number of methoxy groups -OCH3 is 1. The number of rotatable bonds is 2. The number of nitrogens with zero attached hydrogens (tertiary/aromatic N) is 2. The average Bonchev–Trinajstić information content (AvgIpc) is 2.76. The summed E-state index contributed by atoms with van der Waals surface area (Å²) in [6.45, 7) is 4.37. The fourth-order valence-electron chi connectivity index (χ4n) is 5.30. The molecule has 4 heterocycles. The van der Waals surface area contributed by atoms with E-state index in [0.29, 0.717) is 12.4 Å². The van der Waals surface area contributed by atoms with Gasteiger partial charge in [-0.05, 0) is 49.6 Å². The number of hydrogen-bond donors (Lipinski definition) is 2. The first-order valence-corrected chi connectivity index (χ1v) is 10.6. The molecule has 1 aromatic carbocycles. The molecule has 9 nitrogen and oxygen atoms in total. The van der Waals surface area contributed by atoms with Crippen LogP contribution < -0.4 is 20.3 Å². The number of anilines is 1. The second-order valence-electron chi connectivity index (χ2n) is 8.57. The number of aromatic nitrogens is 1. The minimum absolute atomic E-state index is 0.0777. The van der Waals surface area contributed by atoms with Gasteiger partial charge < -0.3 is 14.4 Å². The highest BCUT2D eigenvalue weighted by Gasteiger charge is 2.62. The highest BCUT2D eigenvalue weighted by Crippen LogP contribution is 2.47. The molecule has 0 aliphatic carbocycles. The van der Waals surface area contributed by atoms with Gasteiger partial charge in [0, 0.05) is 30.1 Å². The predicted octanol–water partition coefficient (Wildman–Crippen LogP) is 1.65. The zero-order valence-corrected chi connectivity index (χ0v) is 18.0. The van der Waals surface area contributed by atoms with Crippen molar-refractivity contribution in [1.82, 2.24) is 15.6 Å². The van der Waals surface area contributed by atoms with Crippen molar-refractivity contribution in [2.45, 2.75) is 38.5 Å². The Hall–Kier alpha value is -3.46. The van der Waals surface area contributed by atoms with E-state index in [0.717, 1.165) is 22.4 Å². The number of carbonyl (C=O) groups is 3. The molecule has 0 radical (unpaired) electrons. The van der Waals surface area contributed by atoms with Crippen molar-refractivity contribution in [3.8, 4) is 17.0 Å². The lowest BCUT2D eigenvalue weighted by molar-refractivity contribution is -0.153. The maximum Gasteiger partial charge on any atom is 0.328 e. The number of fused-ring (bicyclic) bond motifs is 4. The van der Waals surface area contributed by atoms with Crippen LogP contribution >= 0.6 is 0 Å². The highest BCUT2D eigenvalue weighted by atomic mass is 16.5. The summed E-state index contributed by atoms with van der Waals surface area (Å²) in [4.78, 5) is 44.6. The smallest absolute Gasteiger partial charge is 0.328 e. The van der Waals surface area contributed by atoms with Crippen LogP contribution in [-0.4, -0.2) is 54.7 Å². The minimum Gasteiger partial charge on any atom is -0.481 e. The third-order valence-electron chi connectivity index (χ3n) is 6.59. The van der Waals surface area contributed by atoms with Crippen LogP contribution in [0.1, 0.15) is 19.4 Å². The topological polar surface area (TPSA) is 110 Å². The summed E-state index contributed by atoms with van der Waals surface area (Å²) in [6.07, 6.45) is 1.42. The summed E-state index contributed by atoms with van der Waals surface area (Å²) in [5, 5.41) is 4.62. The number of hydrogen-bond acceptors (Lipinski definition) is 7. The van der Waals surface area contributed by atoms with Crippen molar-refractivity contribution in [1.29, 1.82) is 0 Å². The first-order chi connectivity index (χ1) is 15.3. The molecular formula is C23H24N4O5. The normalized spacial score (nSPS) is 26.2. The molecule has 2 aromatic rings. The van der Waals surface area contributed by atoms with Crippen molar-refractivity contribution < 1.29 is 23.9 Å². The van der Waals surface area contributed by atoms with E-state index in [1.54, 1.807) is 19.4 Å². The second-order valence-corrected chi connectivity index (χ2v) is 8.57. The van der Waals surface area contributed by atoms with Gasteiger partial charge in [-0.3, -0.25) is 20.2 Å². The van der Waals surface area contributed by atoms with E-state index >= 15 is 0 Å². The lowest BCUT2D eigenvalue weighted by Gasteiger charge is -2.55. The molecule has 2 fully saturated rings. The minimum atomic E-state index is -1.47. The van der Waals surface area contributed by atoms with Gasteiger partial charge in [-0.2, -0.15) is 0 Å². The zero-order chi connectivity index (χ0) is 22.6. The third kappa shape index (κ3) is 2.96. The van der Waals surface area contributed by atoms with Crippen LogP contribution in [0.15, 0.2) is 36.5 Å². The van der Waals surface area contributed by atoms with Crippen LogP contribution in [-0.2, 0) is 20.7 Å². The largest absolute Gasteiger partial charge is 0.481 e. The fraction of sp³-hybridized carbons (Fsp3) is 0.391. The third-order valence-corrected chi connectivity index (χ3v) is 6.59. The Labute approximate surface area is 185 Å². The van der Waals surface area contributed by atoms with E-state index in [9.17, 15) is 14.4 Å². The van der Waals surface area contributed by atoms with Gasteiger partial charge in [0.15, 0.2) is 5.41 Å². The van der Waals surface area contributed by atoms with Crippen molar-refractivity contribution in [2.75, 3.05) is 18.6 Å². The summed E-state index contributed by atoms with van der Waals surface area (Å²) in [7, 11) is 1.56. The van der Waals surface area contributed by atoms with Crippen LogP contribution in [0.2, 0.25) is 0 Å². The standard InChI is InChI=1S/C23H24N4O5/c1-12-11-27-17-6-4-14(15-5-7-18(31-3)24-10-15)8-16(17)9-23(19(27)13(2)32-12)20(28)25-22(30)26-21(23)29/h4-8,10,12-13,19H,9,11H2,1-3H3,(H2,25,26,28,29,30)/t12-,13+,19-/m1/s1. The van der Waals surface area contributed by atoms with Crippen molar-refractivity contribution >= 4 is 23.5 Å². The molecule has 2 saturated heterocycles. The molecule has 5 rings (SSSR count). The molecule has 0 saturated carbocycles. The predicted molar refractivity (Wildman–Crippen MR) is 115 cm³/mol. The Morgan fingerprint density at radius 1 is 1.09 bits per heavy atom. The number of nitrogens with one attached hydrogen (secondary N) is 2. The van der Waals surface area contributed by atoms with E-state index in [4.69, 9.17) is 9.47 Å².